The van der Waals surface area contributed by atoms with Crippen LogP contribution in [0.2, 0.25) is 0 Å². The van der Waals surface area contributed by atoms with E-state index >= 15 is 0 Å². The molecule has 0 fully saturated rings. The van der Waals surface area contributed by atoms with Crippen LogP contribution >= 0.6 is 0 Å². The summed E-state index contributed by atoms with van der Waals surface area (Å²) in [5.74, 6) is -0.866. The Morgan fingerprint density at radius 2 is 1.77 bits per heavy atom. The van der Waals surface area contributed by atoms with E-state index < -0.39 is 22.5 Å². The number of Topliss-reactive ketones (excluding diaryl/α,β-unsaturated/α-hetero) is 1. The summed E-state index contributed by atoms with van der Waals surface area (Å²) >= 11 is -2.14. The largest absolute Gasteiger partial charge is 0.478 e. The predicted octanol–water partition coefficient (Wildman–Crippen LogP) is 3.38. The van der Waals surface area contributed by atoms with Gasteiger partial charge in [-0.25, -0.2) is 8.60 Å². The molecule has 0 saturated carbocycles. The van der Waals surface area contributed by atoms with E-state index in [0.29, 0.717) is 22.4 Å². The lowest BCUT2D eigenvalue weighted by Crippen LogP contribution is -2.29. The lowest BCUT2D eigenvalue weighted by atomic mass is 9.92. The van der Waals surface area contributed by atoms with Crippen molar-refractivity contribution >= 4 is 33.9 Å². The molecular weight excluding hydrogens is 357 g/mol. The molecule has 1 unspecified atom stereocenters. The van der Waals surface area contributed by atoms with Gasteiger partial charge in [0.15, 0.2) is 16.7 Å². The van der Waals surface area contributed by atoms with E-state index in [0.717, 1.165) is 0 Å². The molecule has 5 nitrogen and oxygen atoms in total. The Kier molecular flexibility index (Phi) is 4.68. The molecule has 0 aliphatic carbocycles. The monoisotopic (exact) mass is 375 g/mol. The van der Waals surface area contributed by atoms with Gasteiger partial charge in [0, 0.05) is 16.8 Å². The van der Waals surface area contributed by atoms with Gasteiger partial charge in [-0.3, -0.25) is 4.79 Å². The van der Waals surface area contributed by atoms with Gasteiger partial charge in [-0.2, -0.15) is 0 Å². The number of carbonyl (C=O) groups is 1. The van der Waals surface area contributed by atoms with Crippen molar-refractivity contribution in [2.75, 3.05) is 5.73 Å². The number of carbonyl (C=O) groups excluding carboxylic acids is 1. The third-order valence-corrected chi connectivity index (χ3v) is 4.71. The van der Waals surface area contributed by atoms with Crippen molar-refractivity contribution in [2.24, 2.45) is 0 Å². The van der Waals surface area contributed by atoms with Crippen LogP contribution in [-0.2, 0) is 26.4 Å². The average molecular weight is 375 g/mol. The number of rotatable bonds is 4. The second kappa shape index (κ2) is 6.66. The van der Waals surface area contributed by atoms with Crippen LogP contribution < -0.4 is 5.73 Å². The van der Waals surface area contributed by atoms with Gasteiger partial charge in [0.2, 0.25) is 5.78 Å². The second-order valence-electron chi connectivity index (χ2n) is 6.54. The molecule has 0 aromatic heterocycles. The molecule has 0 spiro atoms. The van der Waals surface area contributed by atoms with Crippen LogP contribution in [0.25, 0.3) is 11.3 Å². The number of nitrogens with two attached hydrogens (primary N) is 1. The Labute approximate surface area is 153 Å². The molecular formula is C19H18FNO4S. The molecule has 1 heterocycles. The highest BCUT2D eigenvalue weighted by atomic mass is 32.2. The standard InChI is InChI=1S/C19H18FNO4S/c1-19(2)18(22)16(11-5-7-14(21)8-6-11)17(25-19)12-3-4-13(10-26(23)24)15(20)9-12/h3-9H,10,21H2,1-2H3,(H,23,24). The Morgan fingerprint density at radius 3 is 2.35 bits per heavy atom. The quantitative estimate of drug-likeness (QED) is 0.632. The fraction of sp³-hybridized carbons (Fsp3) is 0.211. The Bertz CT molecular complexity index is 935. The zero-order valence-corrected chi connectivity index (χ0v) is 15.1. The van der Waals surface area contributed by atoms with Crippen molar-refractivity contribution in [2.45, 2.75) is 25.2 Å². The maximum absolute atomic E-state index is 14.3. The summed E-state index contributed by atoms with van der Waals surface area (Å²) in [6, 6.07) is 11.0. The molecule has 3 N–H and O–H groups in total. The van der Waals surface area contributed by atoms with Crippen LogP contribution in [0.3, 0.4) is 0 Å². The van der Waals surface area contributed by atoms with Crippen molar-refractivity contribution in [1.29, 1.82) is 0 Å². The highest BCUT2D eigenvalue weighted by Crippen LogP contribution is 2.41. The third-order valence-electron chi connectivity index (χ3n) is 4.15. The van der Waals surface area contributed by atoms with Gasteiger partial charge in [0.1, 0.15) is 11.6 Å². The van der Waals surface area contributed by atoms with E-state index in [1.54, 1.807) is 44.2 Å². The molecule has 0 radical (unpaired) electrons. The summed E-state index contributed by atoms with van der Waals surface area (Å²) in [5, 5.41) is 0. The molecule has 3 rings (SSSR count). The van der Waals surface area contributed by atoms with Crippen LogP contribution in [-0.4, -0.2) is 20.1 Å². The Hall–Kier alpha value is -2.51. The average Bonchev–Trinajstić information content (AvgIpc) is 2.80. The molecule has 0 bridgehead atoms. The molecule has 2 aromatic carbocycles. The lowest BCUT2D eigenvalue weighted by molar-refractivity contribution is -0.125. The first-order valence-electron chi connectivity index (χ1n) is 7.89. The van der Waals surface area contributed by atoms with Gasteiger partial charge < -0.3 is 15.0 Å². The maximum Gasteiger partial charge on any atom is 0.210 e. The van der Waals surface area contributed by atoms with Crippen molar-refractivity contribution in [3.05, 3.63) is 65.0 Å². The van der Waals surface area contributed by atoms with Crippen LogP contribution in [0.15, 0.2) is 42.5 Å². The molecule has 136 valence electrons. The van der Waals surface area contributed by atoms with E-state index in [1.165, 1.54) is 12.1 Å². The second-order valence-corrected chi connectivity index (χ2v) is 7.47. The number of ketones is 1. The normalized spacial score (nSPS) is 17.3. The van der Waals surface area contributed by atoms with Crippen molar-refractivity contribution in [3.63, 3.8) is 0 Å². The molecule has 26 heavy (non-hydrogen) atoms. The minimum absolute atomic E-state index is 0.118. The number of ether oxygens (including phenoxy) is 1. The topological polar surface area (TPSA) is 89.6 Å². The van der Waals surface area contributed by atoms with Gasteiger partial charge in [0.05, 0.1) is 11.3 Å². The molecule has 2 aromatic rings. The summed E-state index contributed by atoms with van der Waals surface area (Å²) in [7, 11) is 0. The van der Waals surface area contributed by atoms with Crippen molar-refractivity contribution in [1.82, 2.24) is 0 Å². The number of benzene rings is 2. The minimum Gasteiger partial charge on any atom is -0.478 e. The van der Waals surface area contributed by atoms with Gasteiger partial charge >= 0.3 is 0 Å². The van der Waals surface area contributed by atoms with E-state index in [1.807, 2.05) is 0 Å². The first-order chi connectivity index (χ1) is 12.2. The van der Waals surface area contributed by atoms with E-state index in [4.69, 9.17) is 15.0 Å². The van der Waals surface area contributed by atoms with Gasteiger partial charge in [-0.05, 0) is 37.6 Å². The Balaban J connectivity index is 2.12. The SMILES string of the molecule is CC1(C)OC(c2ccc(CS(=O)O)c(F)c2)=C(c2ccc(N)cc2)C1=O. The van der Waals surface area contributed by atoms with Crippen molar-refractivity contribution in [3.8, 4) is 0 Å². The zero-order chi connectivity index (χ0) is 19.1. The molecule has 1 atom stereocenters. The number of halogens is 1. The van der Waals surface area contributed by atoms with E-state index in [-0.39, 0.29) is 22.9 Å². The zero-order valence-electron chi connectivity index (χ0n) is 14.3. The molecule has 7 heteroatoms. The number of anilines is 1. The van der Waals surface area contributed by atoms with Crippen molar-refractivity contribution < 1.29 is 22.7 Å². The molecule has 1 aliphatic rings. The third kappa shape index (κ3) is 3.40. The summed E-state index contributed by atoms with van der Waals surface area (Å²) < 4.78 is 40.0. The van der Waals surface area contributed by atoms with Crippen LogP contribution in [0.5, 0.6) is 0 Å². The fourth-order valence-electron chi connectivity index (χ4n) is 2.81. The summed E-state index contributed by atoms with van der Waals surface area (Å²) in [4.78, 5) is 12.8. The van der Waals surface area contributed by atoms with Crippen LogP contribution in [0.4, 0.5) is 10.1 Å². The van der Waals surface area contributed by atoms with E-state index in [9.17, 15) is 13.4 Å². The first-order valence-corrected chi connectivity index (χ1v) is 9.17. The number of hydrogen-bond acceptors (Lipinski definition) is 4. The predicted molar refractivity (Wildman–Crippen MR) is 98.7 cm³/mol. The highest BCUT2D eigenvalue weighted by Gasteiger charge is 2.42. The number of nitrogen functional groups attached to an aromatic ring is 1. The summed E-state index contributed by atoms with van der Waals surface area (Å²) in [6.45, 7) is 3.30. The van der Waals surface area contributed by atoms with Gasteiger partial charge in [-0.15, -0.1) is 0 Å². The minimum atomic E-state index is -2.14. The van der Waals surface area contributed by atoms with E-state index in [2.05, 4.69) is 0 Å². The van der Waals surface area contributed by atoms with Gasteiger partial charge in [-0.1, -0.05) is 24.3 Å². The fourth-order valence-corrected chi connectivity index (χ4v) is 3.31. The van der Waals surface area contributed by atoms with Crippen LogP contribution in [0, 0.1) is 5.82 Å². The van der Waals surface area contributed by atoms with Crippen LogP contribution in [0.1, 0.15) is 30.5 Å². The summed E-state index contributed by atoms with van der Waals surface area (Å²) in [6.07, 6.45) is 0. The van der Waals surface area contributed by atoms with Gasteiger partial charge in [0.25, 0.3) is 0 Å². The maximum atomic E-state index is 14.3. The molecule has 0 saturated heterocycles. The number of hydrogen-bond donors (Lipinski definition) is 2. The highest BCUT2D eigenvalue weighted by molar-refractivity contribution is 7.78. The Morgan fingerprint density at radius 1 is 1.15 bits per heavy atom. The molecule has 1 aliphatic heterocycles. The lowest BCUT2D eigenvalue weighted by Gasteiger charge is -2.18. The smallest absolute Gasteiger partial charge is 0.210 e. The molecule has 0 amide bonds. The summed E-state index contributed by atoms with van der Waals surface area (Å²) in [5.41, 5.74) is 6.69. The first kappa shape index (κ1) is 18.3.